The fraction of sp³-hybridized carbons (Fsp3) is 0.300. The van der Waals surface area contributed by atoms with Crippen molar-refractivity contribution in [2.75, 3.05) is 11.9 Å². The number of rotatable bonds is 1. The summed E-state index contributed by atoms with van der Waals surface area (Å²) < 4.78 is 0. The zero-order valence-electron chi connectivity index (χ0n) is 8.63. The van der Waals surface area contributed by atoms with Crippen molar-refractivity contribution in [1.29, 1.82) is 0 Å². The van der Waals surface area contributed by atoms with Gasteiger partial charge in [-0.3, -0.25) is 4.99 Å². The van der Waals surface area contributed by atoms with Crippen molar-refractivity contribution in [2.45, 2.75) is 13.0 Å². The molecule has 0 unspecified atom stereocenters. The summed E-state index contributed by atoms with van der Waals surface area (Å²) in [6.07, 6.45) is 0. The van der Waals surface area contributed by atoms with Crippen LogP contribution in [0.15, 0.2) is 23.2 Å². The summed E-state index contributed by atoms with van der Waals surface area (Å²) in [4.78, 5) is 4.27. The van der Waals surface area contributed by atoms with Crippen LogP contribution < -0.4 is 10.6 Å². The molecule has 1 aromatic rings. The van der Waals surface area contributed by atoms with Crippen molar-refractivity contribution in [1.82, 2.24) is 5.32 Å². The molecule has 1 heterocycles. The molecule has 6 heteroatoms. The molecule has 2 rings (SSSR count). The van der Waals surface area contributed by atoms with Crippen LogP contribution in [0.5, 0.6) is 0 Å². The van der Waals surface area contributed by atoms with Gasteiger partial charge in [0, 0.05) is 6.04 Å². The van der Waals surface area contributed by atoms with Gasteiger partial charge in [0.15, 0.2) is 5.96 Å². The summed E-state index contributed by atoms with van der Waals surface area (Å²) >= 11 is 12.0. The maximum Gasteiger partial charge on any atom is 0.196 e. The molecule has 1 aliphatic rings. The highest BCUT2D eigenvalue weighted by Gasteiger charge is 2.14. The Bertz CT molecular complexity index is 386. The molecule has 1 atom stereocenters. The summed E-state index contributed by atoms with van der Waals surface area (Å²) in [5.41, 5.74) is 0.696. The number of para-hydroxylation sites is 1. The molecule has 1 aromatic carbocycles. The summed E-state index contributed by atoms with van der Waals surface area (Å²) in [7, 11) is 0. The van der Waals surface area contributed by atoms with Gasteiger partial charge in [-0.15, -0.1) is 12.4 Å². The predicted octanol–water partition coefficient (Wildman–Crippen LogP) is 3.17. The van der Waals surface area contributed by atoms with Gasteiger partial charge in [0.05, 0.1) is 22.3 Å². The SMILES string of the molecule is C[C@@H]1CN=C(Nc2c(Cl)cccc2Cl)N1.Cl. The molecule has 0 bridgehead atoms. The van der Waals surface area contributed by atoms with E-state index in [1.807, 2.05) is 6.07 Å². The van der Waals surface area contributed by atoms with E-state index in [4.69, 9.17) is 23.2 Å². The minimum absolute atomic E-state index is 0. The maximum absolute atomic E-state index is 6.01. The third-order valence-corrected chi connectivity index (χ3v) is 2.74. The molecule has 0 aliphatic carbocycles. The van der Waals surface area contributed by atoms with Gasteiger partial charge in [0.2, 0.25) is 0 Å². The van der Waals surface area contributed by atoms with Gasteiger partial charge >= 0.3 is 0 Å². The standard InChI is InChI=1S/C10H11Cl2N3.ClH/c1-6-5-13-10(14-6)15-9-7(11)3-2-4-8(9)12;/h2-4,6H,5H2,1H3,(H2,13,14,15);1H/t6-;/m1./s1. The maximum atomic E-state index is 6.01. The van der Waals surface area contributed by atoms with Gasteiger partial charge in [-0.1, -0.05) is 29.3 Å². The summed E-state index contributed by atoms with van der Waals surface area (Å²) in [6, 6.07) is 5.74. The Balaban J connectivity index is 0.00000128. The Morgan fingerprint density at radius 3 is 2.50 bits per heavy atom. The predicted molar refractivity (Wildman–Crippen MR) is 72.2 cm³/mol. The molecule has 0 spiro atoms. The van der Waals surface area contributed by atoms with Crippen LogP contribution >= 0.6 is 35.6 Å². The highest BCUT2D eigenvalue weighted by molar-refractivity contribution is 6.39. The zero-order chi connectivity index (χ0) is 10.8. The van der Waals surface area contributed by atoms with Crippen LogP contribution in [0.4, 0.5) is 5.69 Å². The second-order valence-corrected chi connectivity index (χ2v) is 4.27. The van der Waals surface area contributed by atoms with Crippen LogP contribution in [0.3, 0.4) is 0 Å². The van der Waals surface area contributed by atoms with E-state index in [0.29, 0.717) is 21.8 Å². The number of hydrogen-bond acceptors (Lipinski definition) is 3. The van der Waals surface area contributed by atoms with Crippen molar-refractivity contribution in [3.05, 3.63) is 28.2 Å². The van der Waals surface area contributed by atoms with Crippen molar-refractivity contribution in [3.63, 3.8) is 0 Å². The Morgan fingerprint density at radius 2 is 2.00 bits per heavy atom. The summed E-state index contributed by atoms with van der Waals surface area (Å²) in [6.45, 7) is 2.83. The monoisotopic (exact) mass is 279 g/mol. The van der Waals surface area contributed by atoms with Gasteiger partial charge in [0.25, 0.3) is 0 Å². The van der Waals surface area contributed by atoms with E-state index in [0.717, 1.165) is 12.5 Å². The second kappa shape index (κ2) is 5.62. The number of hydrogen-bond donors (Lipinski definition) is 2. The molecule has 0 saturated carbocycles. The third kappa shape index (κ3) is 2.94. The number of nitrogens with zero attached hydrogens (tertiary/aromatic N) is 1. The molecular weight excluding hydrogens is 268 g/mol. The first kappa shape index (κ1) is 13.4. The van der Waals surface area contributed by atoms with Crippen LogP contribution in [0.2, 0.25) is 10.0 Å². The largest absolute Gasteiger partial charge is 0.352 e. The number of halogens is 3. The van der Waals surface area contributed by atoms with Gasteiger partial charge in [-0.2, -0.15) is 0 Å². The summed E-state index contributed by atoms with van der Waals surface area (Å²) in [5, 5.41) is 7.44. The molecular formula is C10H12Cl3N3. The Morgan fingerprint density at radius 1 is 1.38 bits per heavy atom. The number of guanidine groups is 1. The number of benzene rings is 1. The lowest BCUT2D eigenvalue weighted by Gasteiger charge is -2.11. The van der Waals surface area contributed by atoms with E-state index in [1.165, 1.54) is 0 Å². The van der Waals surface area contributed by atoms with Gasteiger partial charge in [-0.05, 0) is 19.1 Å². The molecule has 3 nitrogen and oxygen atoms in total. The lowest BCUT2D eigenvalue weighted by molar-refractivity contribution is 0.725. The first-order valence-electron chi connectivity index (χ1n) is 4.69. The molecule has 88 valence electrons. The minimum Gasteiger partial charge on any atom is -0.352 e. The minimum atomic E-state index is 0. The molecule has 1 aliphatic heterocycles. The van der Waals surface area contributed by atoms with E-state index >= 15 is 0 Å². The van der Waals surface area contributed by atoms with Crippen molar-refractivity contribution >= 4 is 47.3 Å². The number of anilines is 1. The van der Waals surface area contributed by atoms with Gasteiger partial charge < -0.3 is 10.6 Å². The van der Waals surface area contributed by atoms with Crippen molar-refractivity contribution in [2.24, 2.45) is 4.99 Å². The molecule has 0 saturated heterocycles. The Labute approximate surface area is 111 Å². The van der Waals surface area contributed by atoms with E-state index in [1.54, 1.807) is 12.1 Å². The molecule has 0 fully saturated rings. The van der Waals surface area contributed by atoms with E-state index in [9.17, 15) is 0 Å². The molecule has 2 N–H and O–H groups in total. The lowest BCUT2D eigenvalue weighted by Crippen LogP contribution is -2.32. The average Bonchev–Trinajstić information content (AvgIpc) is 2.58. The van der Waals surface area contributed by atoms with E-state index < -0.39 is 0 Å². The average molecular weight is 281 g/mol. The molecule has 0 radical (unpaired) electrons. The normalized spacial score (nSPS) is 18.4. The van der Waals surface area contributed by atoms with E-state index in [-0.39, 0.29) is 12.4 Å². The van der Waals surface area contributed by atoms with Gasteiger partial charge in [-0.25, -0.2) is 0 Å². The number of aliphatic imine (C=N–C) groups is 1. The van der Waals surface area contributed by atoms with E-state index in [2.05, 4.69) is 22.5 Å². The first-order valence-corrected chi connectivity index (χ1v) is 5.44. The second-order valence-electron chi connectivity index (χ2n) is 3.46. The molecule has 0 amide bonds. The van der Waals surface area contributed by atoms with Crippen LogP contribution in [0.25, 0.3) is 0 Å². The first-order chi connectivity index (χ1) is 7.16. The van der Waals surface area contributed by atoms with Crippen LogP contribution in [-0.2, 0) is 0 Å². The van der Waals surface area contributed by atoms with Crippen LogP contribution in [0, 0.1) is 0 Å². The highest BCUT2D eigenvalue weighted by Crippen LogP contribution is 2.29. The quantitative estimate of drug-likeness (QED) is 0.829. The van der Waals surface area contributed by atoms with Crippen molar-refractivity contribution in [3.8, 4) is 0 Å². The fourth-order valence-electron chi connectivity index (χ4n) is 1.36. The third-order valence-electron chi connectivity index (χ3n) is 2.11. The van der Waals surface area contributed by atoms with Gasteiger partial charge in [0.1, 0.15) is 0 Å². The highest BCUT2D eigenvalue weighted by atomic mass is 35.5. The topological polar surface area (TPSA) is 36.4 Å². The Hall–Kier alpha value is -0.640. The number of nitrogens with one attached hydrogen (secondary N) is 2. The Kier molecular flexibility index (Phi) is 4.71. The van der Waals surface area contributed by atoms with Crippen LogP contribution in [0.1, 0.15) is 6.92 Å². The fourth-order valence-corrected chi connectivity index (χ4v) is 1.86. The molecule has 16 heavy (non-hydrogen) atoms. The van der Waals surface area contributed by atoms with Crippen molar-refractivity contribution < 1.29 is 0 Å². The van der Waals surface area contributed by atoms with Crippen LogP contribution in [-0.4, -0.2) is 18.5 Å². The molecule has 0 aromatic heterocycles. The zero-order valence-corrected chi connectivity index (χ0v) is 11.0. The summed E-state index contributed by atoms with van der Waals surface area (Å²) in [5.74, 6) is 0.720. The lowest BCUT2D eigenvalue weighted by atomic mass is 10.3. The smallest absolute Gasteiger partial charge is 0.196 e.